The first-order valence-electron chi connectivity index (χ1n) is 5.36. The summed E-state index contributed by atoms with van der Waals surface area (Å²) in [6, 6.07) is 3.62. The highest BCUT2D eigenvalue weighted by Gasteiger charge is 2.43. The Labute approximate surface area is 106 Å². The third kappa shape index (κ3) is 3.12. The van der Waals surface area contributed by atoms with Gasteiger partial charge in [0.15, 0.2) is 0 Å². The molecule has 0 radical (unpaired) electrons. The molecule has 1 aliphatic heterocycles. The second kappa shape index (κ2) is 6.03. The van der Waals surface area contributed by atoms with Crippen molar-refractivity contribution in [2.75, 3.05) is 19.7 Å². The average molecular weight is 282 g/mol. The van der Waals surface area contributed by atoms with Gasteiger partial charge in [0.25, 0.3) is 0 Å². The summed E-state index contributed by atoms with van der Waals surface area (Å²) in [7, 11) is -3.56. The highest BCUT2D eigenvalue weighted by atomic mass is 35.5. The molecule has 1 aromatic rings. The van der Waals surface area contributed by atoms with E-state index in [0.29, 0.717) is 13.1 Å². The number of rotatable bonds is 4. The van der Waals surface area contributed by atoms with Gasteiger partial charge in [-0.3, -0.25) is 4.57 Å². The van der Waals surface area contributed by atoms with Crippen LogP contribution in [0.2, 0.25) is 0 Å². The molecule has 0 saturated carbocycles. The maximum atomic E-state index is 12.0. The van der Waals surface area contributed by atoms with Gasteiger partial charge in [0.05, 0.1) is 18.5 Å². The minimum absolute atomic E-state index is 0. The largest absolute Gasteiger partial charge is 0.469 e. The molecule has 0 aliphatic carbocycles. The summed E-state index contributed by atoms with van der Waals surface area (Å²) in [5.74, 6) is 0.654. The van der Waals surface area contributed by atoms with Crippen molar-refractivity contribution in [1.82, 2.24) is 5.32 Å². The van der Waals surface area contributed by atoms with Crippen LogP contribution in [0.25, 0.3) is 0 Å². The lowest BCUT2D eigenvalue weighted by atomic mass is 10.1. The van der Waals surface area contributed by atoms with Gasteiger partial charge in [-0.15, -0.1) is 12.4 Å². The van der Waals surface area contributed by atoms with Crippen molar-refractivity contribution >= 4 is 20.0 Å². The van der Waals surface area contributed by atoms with Gasteiger partial charge >= 0.3 is 7.60 Å². The van der Waals surface area contributed by atoms with E-state index < -0.39 is 13.3 Å². The van der Waals surface area contributed by atoms with Crippen LogP contribution >= 0.6 is 20.0 Å². The first-order chi connectivity index (χ1) is 7.65. The van der Waals surface area contributed by atoms with Crippen molar-refractivity contribution in [2.24, 2.45) is 0 Å². The Hall–Kier alpha value is -0.320. The molecule has 2 N–H and O–H groups in total. The summed E-state index contributed by atoms with van der Waals surface area (Å²) in [5, 5.41) is 3.10. The Morgan fingerprint density at radius 1 is 1.65 bits per heavy atom. The zero-order chi connectivity index (χ0) is 11.6. The van der Waals surface area contributed by atoms with Crippen molar-refractivity contribution < 1.29 is 18.4 Å². The fourth-order valence-electron chi connectivity index (χ4n) is 2.08. The van der Waals surface area contributed by atoms with Crippen molar-refractivity contribution in [3.05, 3.63) is 24.2 Å². The number of hydrogen-bond acceptors (Lipinski definition) is 4. The van der Waals surface area contributed by atoms with E-state index in [2.05, 4.69) is 5.32 Å². The Bertz CT molecular complexity index is 384. The minimum atomic E-state index is -3.56. The Balaban J connectivity index is 0.00000144. The zero-order valence-electron chi connectivity index (χ0n) is 9.54. The van der Waals surface area contributed by atoms with E-state index in [1.807, 2.05) is 6.07 Å². The number of furan rings is 1. The third-order valence-corrected chi connectivity index (χ3v) is 4.83. The van der Waals surface area contributed by atoms with Gasteiger partial charge in [0.2, 0.25) is 0 Å². The van der Waals surface area contributed by atoms with E-state index in [0.717, 1.165) is 5.76 Å². The molecular weight excluding hydrogens is 265 g/mol. The Kier molecular flexibility index (Phi) is 5.22. The van der Waals surface area contributed by atoms with Crippen LogP contribution in [0.1, 0.15) is 18.6 Å². The molecule has 1 saturated heterocycles. The summed E-state index contributed by atoms with van der Waals surface area (Å²) in [4.78, 5) is 9.84. The summed E-state index contributed by atoms with van der Waals surface area (Å²) in [5.41, 5.74) is -0.418. The molecule has 2 rings (SSSR count). The molecule has 1 aromatic heterocycles. The fraction of sp³-hybridized carbons (Fsp3) is 0.600. The van der Waals surface area contributed by atoms with E-state index >= 15 is 0 Å². The maximum Gasteiger partial charge on any atom is 0.333 e. The van der Waals surface area contributed by atoms with Crippen LogP contribution in [0.4, 0.5) is 0 Å². The summed E-state index contributed by atoms with van der Waals surface area (Å²) >= 11 is 0. The molecule has 3 unspecified atom stereocenters. The van der Waals surface area contributed by atoms with Gasteiger partial charge in [0.1, 0.15) is 5.76 Å². The van der Waals surface area contributed by atoms with Gasteiger partial charge in [-0.25, -0.2) is 0 Å². The van der Waals surface area contributed by atoms with Crippen molar-refractivity contribution in [1.29, 1.82) is 0 Å². The van der Waals surface area contributed by atoms with Crippen molar-refractivity contribution in [2.45, 2.75) is 18.5 Å². The van der Waals surface area contributed by atoms with Crippen LogP contribution in [0.3, 0.4) is 0 Å². The molecular formula is C10H17ClNO4P. The second-order valence-electron chi connectivity index (χ2n) is 3.83. The molecule has 0 spiro atoms. The number of hydrogen-bond donors (Lipinski definition) is 2. The lowest BCUT2D eigenvalue weighted by molar-refractivity contribution is 0.261. The highest BCUT2D eigenvalue weighted by molar-refractivity contribution is 7.53. The van der Waals surface area contributed by atoms with Gasteiger partial charge in [-0.2, -0.15) is 0 Å². The predicted molar refractivity (Wildman–Crippen MR) is 66.8 cm³/mol. The number of halogens is 1. The maximum absolute atomic E-state index is 12.0. The van der Waals surface area contributed by atoms with E-state index in [1.165, 1.54) is 0 Å². The topological polar surface area (TPSA) is 71.7 Å². The minimum Gasteiger partial charge on any atom is -0.469 e. The molecule has 17 heavy (non-hydrogen) atoms. The molecule has 1 fully saturated rings. The smallest absolute Gasteiger partial charge is 0.333 e. The summed E-state index contributed by atoms with van der Waals surface area (Å²) in [6.07, 6.45) is 1.58. The van der Waals surface area contributed by atoms with Gasteiger partial charge < -0.3 is 19.2 Å². The molecule has 3 atom stereocenters. The lowest BCUT2D eigenvalue weighted by Gasteiger charge is -2.21. The molecule has 0 bridgehead atoms. The van der Waals surface area contributed by atoms with Crippen molar-refractivity contribution in [3.8, 4) is 0 Å². The molecule has 0 aromatic carbocycles. The van der Waals surface area contributed by atoms with Crippen LogP contribution in [-0.4, -0.2) is 30.2 Å². The van der Waals surface area contributed by atoms with Gasteiger partial charge in [0, 0.05) is 19.0 Å². The predicted octanol–water partition coefficient (Wildman–Crippen LogP) is 1.98. The Morgan fingerprint density at radius 2 is 2.41 bits per heavy atom. The molecule has 2 heterocycles. The Morgan fingerprint density at radius 3 is 3.00 bits per heavy atom. The number of nitrogens with one attached hydrogen (secondary N) is 1. The van der Waals surface area contributed by atoms with Crippen LogP contribution in [-0.2, 0) is 9.09 Å². The van der Waals surface area contributed by atoms with Crippen molar-refractivity contribution in [3.63, 3.8) is 0 Å². The average Bonchev–Trinajstić information content (AvgIpc) is 2.88. The summed E-state index contributed by atoms with van der Waals surface area (Å²) in [6.45, 7) is 3.09. The first kappa shape index (κ1) is 14.7. The quantitative estimate of drug-likeness (QED) is 0.826. The van der Waals surface area contributed by atoms with E-state index in [1.54, 1.807) is 19.3 Å². The fourth-order valence-corrected chi connectivity index (χ4v) is 3.71. The van der Waals surface area contributed by atoms with Crippen LogP contribution < -0.4 is 5.32 Å². The zero-order valence-corrected chi connectivity index (χ0v) is 11.2. The monoisotopic (exact) mass is 281 g/mol. The second-order valence-corrected chi connectivity index (χ2v) is 5.88. The highest BCUT2D eigenvalue weighted by Crippen LogP contribution is 2.53. The molecule has 1 aliphatic rings. The van der Waals surface area contributed by atoms with E-state index in [9.17, 15) is 9.46 Å². The van der Waals surface area contributed by atoms with E-state index in [-0.39, 0.29) is 24.9 Å². The molecule has 0 amide bonds. The molecule has 98 valence electrons. The lowest BCUT2D eigenvalue weighted by Crippen LogP contribution is -2.19. The SMILES string of the molecule is CCOP(=O)(O)C1CNCC1c1ccco1.Cl. The van der Waals surface area contributed by atoms with Gasteiger partial charge in [-0.05, 0) is 19.1 Å². The normalized spacial score (nSPS) is 27.4. The molecule has 5 nitrogen and oxygen atoms in total. The van der Waals surface area contributed by atoms with E-state index in [4.69, 9.17) is 8.94 Å². The van der Waals surface area contributed by atoms with Crippen LogP contribution in [0, 0.1) is 0 Å². The summed E-state index contributed by atoms with van der Waals surface area (Å²) < 4.78 is 22.2. The van der Waals surface area contributed by atoms with Crippen LogP contribution in [0.15, 0.2) is 22.8 Å². The molecule has 7 heteroatoms. The van der Waals surface area contributed by atoms with Gasteiger partial charge in [-0.1, -0.05) is 0 Å². The standard InChI is InChI=1S/C10H16NO4P.ClH/c1-2-15-16(12,13)10-7-11-6-8(10)9-4-3-5-14-9;/h3-5,8,10-11H,2,6-7H2,1H3,(H,12,13);1H. The first-order valence-corrected chi connectivity index (χ1v) is 7.01. The third-order valence-electron chi connectivity index (χ3n) is 2.82. The van der Waals surface area contributed by atoms with Crippen LogP contribution in [0.5, 0.6) is 0 Å².